The number of hydrogen-bond acceptors (Lipinski definition) is 0. The Balaban J connectivity index is 3.15. The molecule has 0 bridgehead atoms. The van der Waals surface area contributed by atoms with Crippen molar-refractivity contribution in [2.75, 3.05) is 0 Å². The van der Waals surface area contributed by atoms with Crippen LogP contribution in [0.25, 0.3) is 0 Å². The van der Waals surface area contributed by atoms with Gasteiger partial charge in [-0.15, -0.1) is 0 Å². The zero-order chi connectivity index (χ0) is 11.7. The highest BCUT2D eigenvalue weighted by Gasteiger charge is 2.37. The molecule has 0 saturated heterocycles. The van der Waals surface area contributed by atoms with Gasteiger partial charge >= 0.3 is 0 Å². The van der Waals surface area contributed by atoms with Gasteiger partial charge in [0.25, 0.3) is 0 Å². The van der Waals surface area contributed by atoms with Crippen LogP contribution in [0.15, 0.2) is 30.3 Å². The fourth-order valence-electron chi connectivity index (χ4n) is 2.60. The molecule has 0 aliphatic rings. The summed E-state index contributed by atoms with van der Waals surface area (Å²) in [5.41, 5.74) is 0. The predicted molar refractivity (Wildman–Crippen MR) is 71.3 cm³/mol. The van der Waals surface area contributed by atoms with Crippen molar-refractivity contribution < 1.29 is 0 Å². The Bertz CT molecular complexity index is 286. The summed E-state index contributed by atoms with van der Waals surface area (Å²) >= 11 is 0. The quantitative estimate of drug-likeness (QED) is 0.627. The lowest BCUT2D eigenvalue weighted by atomic mass is 10.2. The van der Waals surface area contributed by atoms with Gasteiger partial charge in [-0.2, -0.15) is 0 Å². The van der Waals surface area contributed by atoms with Crippen molar-refractivity contribution in [3.05, 3.63) is 30.3 Å². The summed E-state index contributed by atoms with van der Waals surface area (Å²) in [5, 5.41) is 2.37. The minimum Gasteiger partial charge on any atom is -0.0632 e. The first-order valence-electron chi connectivity index (χ1n) is 5.66. The Morgan fingerprint density at radius 3 is 1.47 bits per heavy atom. The molecule has 0 atom stereocenters. The fraction of sp³-hybridized carbons (Fsp3) is 0.571. The molecule has 0 unspecified atom stereocenters. The molecule has 0 nitrogen and oxygen atoms in total. The molecule has 1 heteroatoms. The van der Waals surface area contributed by atoms with Crippen molar-refractivity contribution in [3.8, 4) is 0 Å². The van der Waals surface area contributed by atoms with Gasteiger partial charge in [-0.3, -0.25) is 0 Å². The monoisotopic (exact) mass is 219 g/mol. The average molecular weight is 219 g/mol. The first kappa shape index (κ1) is 12.5. The molecule has 1 aromatic carbocycles. The first-order valence-corrected chi connectivity index (χ1v) is 7.16. The lowest BCUT2D eigenvalue weighted by Gasteiger charge is -2.39. The van der Waals surface area contributed by atoms with Gasteiger partial charge < -0.3 is 0 Å². The van der Waals surface area contributed by atoms with Gasteiger partial charge in [0.15, 0.2) is 0 Å². The molecule has 0 aliphatic heterocycles. The zero-order valence-corrected chi connectivity index (χ0v) is 11.9. The summed E-state index contributed by atoms with van der Waals surface area (Å²) in [6, 6.07) is 11.0. The molecule has 1 aromatic rings. The minimum atomic E-state index is -0.553. The average Bonchev–Trinajstić information content (AvgIpc) is 2.00. The predicted octanol–water partition coefficient (Wildman–Crippen LogP) is 3.99. The summed E-state index contributed by atoms with van der Waals surface area (Å²) in [4.78, 5) is 0. The largest absolute Gasteiger partial charge is 0.0969 e. The van der Waals surface area contributed by atoms with Gasteiger partial charge in [0.1, 0.15) is 0 Å². The molecule has 0 amide bonds. The van der Waals surface area contributed by atoms with E-state index in [0.717, 1.165) is 0 Å². The maximum atomic E-state index is 2.37. The third-order valence-corrected chi connectivity index (χ3v) is 6.47. The van der Waals surface area contributed by atoms with E-state index in [-0.39, 0.29) is 0 Å². The van der Waals surface area contributed by atoms with Gasteiger partial charge in [-0.25, -0.2) is 0 Å². The maximum Gasteiger partial charge on any atom is 0.0969 e. The van der Waals surface area contributed by atoms with Gasteiger partial charge in [-0.1, -0.05) is 77.1 Å². The molecular weight excluding hydrogens is 196 g/mol. The van der Waals surface area contributed by atoms with E-state index in [1.165, 1.54) is 0 Å². The molecule has 0 aliphatic carbocycles. The third-order valence-electron chi connectivity index (χ3n) is 2.56. The summed E-state index contributed by atoms with van der Waals surface area (Å²) in [6.45, 7) is 14.2. The Hall–Kier alpha value is -0.563. The molecule has 0 fully saturated rings. The molecule has 0 saturated carbocycles. The van der Waals surface area contributed by atoms with Crippen LogP contribution in [-0.4, -0.2) is 8.80 Å². The lowest BCUT2D eigenvalue weighted by Crippen LogP contribution is -2.45. The first-order chi connectivity index (χ1) is 6.73. The maximum absolute atomic E-state index is 2.37. The summed E-state index contributed by atoms with van der Waals surface area (Å²) in [5.74, 6) is 0. The van der Waals surface area contributed by atoms with Crippen molar-refractivity contribution in [1.29, 1.82) is 0 Å². The third kappa shape index (κ3) is 3.20. The van der Waals surface area contributed by atoms with Crippen LogP contribution in [0.4, 0.5) is 0 Å². The van der Waals surface area contributed by atoms with E-state index in [4.69, 9.17) is 0 Å². The molecule has 83 valence electrons. The second-order valence-corrected chi connectivity index (χ2v) is 10.6. The smallest absolute Gasteiger partial charge is 0.0632 e. The molecule has 15 heavy (non-hydrogen) atoms. The van der Waals surface area contributed by atoms with E-state index in [2.05, 4.69) is 71.9 Å². The highest BCUT2D eigenvalue weighted by atomic mass is 28.3. The number of rotatable bonds is 1. The molecule has 1 radical (unpaired) electrons. The van der Waals surface area contributed by atoms with Crippen molar-refractivity contribution >= 4 is 14.0 Å². The van der Waals surface area contributed by atoms with Crippen LogP contribution < -0.4 is 5.19 Å². The lowest BCUT2D eigenvalue weighted by molar-refractivity contribution is 0.653. The topological polar surface area (TPSA) is 0 Å². The van der Waals surface area contributed by atoms with Crippen molar-refractivity contribution in [1.82, 2.24) is 0 Å². The van der Waals surface area contributed by atoms with E-state index in [1.807, 2.05) is 0 Å². The molecule has 0 heterocycles. The van der Waals surface area contributed by atoms with Gasteiger partial charge in [0.05, 0.1) is 8.80 Å². The van der Waals surface area contributed by atoms with E-state index < -0.39 is 8.80 Å². The second kappa shape index (κ2) is 4.13. The molecule has 1 rings (SSSR count). The van der Waals surface area contributed by atoms with Gasteiger partial charge in [0, 0.05) is 0 Å². The van der Waals surface area contributed by atoms with Gasteiger partial charge in [0.2, 0.25) is 0 Å². The molecule has 0 spiro atoms. The zero-order valence-electron chi connectivity index (χ0n) is 10.9. The highest BCUT2D eigenvalue weighted by molar-refractivity contribution is 6.78. The summed E-state index contributed by atoms with van der Waals surface area (Å²) < 4.78 is 0. The van der Waals surface area contributed by atoms with Crippen LogP contribution in [0.1, 0.15) is 41.5 Å². The Morgan fingerprint density at radius 2 is 1.13 bits per heavy atom. The van der Waals surface area contributed by atoms with Crippen LogP contribution in [0.5, 0.6) is 0 Å². The van der Waals surface area contributed by atoms with Gasteiger partial charge in [-0.05, 0) is 10.1 Å². The SMILES string of the molecule is CC(C)(C)[Si](c1ccccc1)C(C)(C)C. The fourth-order valence-corrected chi connectivity index (χ4v) is 7.10. The standard InChI is InChI=1S/C14H23Si/c1-13(2,3)15(14(4,5)6)12-10-8-7-9-11-12/h7-11H,1-6H3. The molecule has 0 aromatic heterocycles. The van der Waals surface area contributed by atoms with E-state index in [9.17, 15) is 0 Å². The van der Waals surface area contributed by atoms with Crippen LogP contribution in [-0.2, 0) is 0 Å². The van der Waals surface area contributed by atoms with Crippen molar-refractivity contribution in [2.45, 2.75) is 51.6 Å². The summed E-state index contributed by atoms with van der Waals surface area (Å²) in [6.07, 6.45) is 0. The van der Waals surface area contributed by atoms with E-state index >= 15 is 0 Å². The van der Waals surface area contributed by atoms with Crippen LogP contribution in [0.3, 0.4) is 0 Å². The number of benzene rings is 1. The van der Waals surface area contributed by atoms with E-state index in [0.29, 0.717) is 10.1 Å². The number of hydrogen-bond donors (Lipinski definition) is 0. The Morgan fingerprint density at radius 1 is 0.733 bits per heavy atom. The van der Waals surface area contributed by atoms with Crippen molar-refractivity contribution in [2.24, 2.45) is 0 Å². The normalized spacial score (nSPS) is 13.3. The van der Waals surface area contributed by atoms with Crippen molar-refractivity contribution in [3.63, 3.8) is 0 Å². The van der Waals surface area contributed by atoms with E-state index in [1.54, 1.807) is 5.19 Å². The molecular formula is C14H23Si. The Kier molecular flexibility index (Phi) is 3.44. The van der Waals surface area contributed by atoms with Crippen LogP contribution in [0.2, 0.25) is 10.1 Å². The second-order valence-electron chi connectivity index (χ2n) is 6.24. The Labute approximate surface area is 96.3 Å². The summed E-state index contributed by atoms with van der Waals surface area (Å²) in [7, 11) is -0.553. The highest BCUT2D eigenvalue weighted by Crippen LogP contribution is 2.41. The minimum absolute atomic E-state index is 0.407. The molecule has 0 N–H and O–H groups in total. The van der Waals surface area contributed by atoms with Crippen LogP contribution >= 0.6 is 0 Å². The van der Waals surface area contributed by atoms with Crippen LogP contribution in [0, 0.1) is 0 Å².